The van der Waals surface area contributed by atoms with E-state index < -0.39 is 0 Å². The number of benzene rings is 1. The van der Waals surface area contributed by atoms with Gasteiger partial charge in [-0.25, -0.2) is 4.79 Å². The molecule has 3 rings (SSSR count). The van der Waals surface area contributed by atoms with Crippen molar-refractivity contribution in [1.29, 1.82) is 0 Å². The molecule has 0 unspecified atom stereocenters. The molecule has 0 radical (unpaired) electrons. The number of urea groups is 1. The van der Waals surface area contributed by atoms with Gasteiger partial charge in [-0.05, 0) is 49.9 Å². The maximum atomic E-state index is 11.1. The number of piperidine rings is 1. The second-order valence-electron chi connectivity index (χ2n) is 6.45. The fraction of sp³-hybridized carbons (Fsp3) is 0.471. The summed E-state index contributed by atoms with van der Waals surface area (Å²) in [5.41, 5.74) is 9.59. The molecule has 2 heterocycles. The average molecular weight is 328 g/mol. The van der Waals surface area contributed by atoms with E-state index in [4.69, 9.17) is 5.73 Å². The third-order valence-corrected chi connectivity index (χ3v) is 4.36. The van der Waals surface area contributed by atoms with Gasteiger partial charge in [-0.3, -0.25) is 0 Å². The third-order valence-electron chi connectivity index (χ3n) is 4.36. The summed E-state index contributed by atoms with van der Waals surface area (Å²) in [6, 6.07) is 6.33. The quantitative estimate of drug-likeness (QED) is 0.890. The minimum atomic E-state index is -0.329. The van der Waals surface area contributed by atoms with Gasteiger partial charge in [-0.1, -0.05) is 6.07 Å². The van der Waals surface area contributed by atoms with Gasteiger partial charge in [0.25, 0.3) is 0 Å². The van der Waals surface area contributed by atoms with Crippen molar-refractivity contribution in [2.24, 2.45) is 5.73 Å². The molecule has 0 aliphatic carbocycles. The molecule has 24 heavy (non-hydrogen) atoms. The molecule has 1 aliphatic rings. The lowest BCUT2D eigenvalue weighted by Gasteiger charge is -2.31. The zero-order valence-corrected chi connectivity index (χ0v) is 14.2. The number of nitrogens with zero attached hydrogens (tertiary/aromatic N) is 4. The Morgan fingerprint density at radius 2 is 1.92 bits per heavy atom. The van der Waals surface area contributed by atoms with Crippen LogP contribution in [-0.2, 0) is 6.54 Å². The van der Waals surface area contributed by atoms with Crippen LogP contribution in [-0.4, -0.2) is 45.1 Å². The summed E-state index contributed by atoms with van der Waals surface area (Å²) in [6.45, 7) is 6.23. The molecule has 1 aromatic carbocycles. The predicted octanol–water partition coefficient (Wildman–Crippen LogP) is 1.52. The highest BCUT2D eigenvalue weighted by molar-refractivity contribution is 5.72. The summed E-state index contributed by atoms with van der Waals surface area (Å²) in [6.07, 6.45) is 3.62. The van der Waals surface area contributed by atoms with Gasteiger partial charge in [0.2, 0.25) is 0 Å². The van der Waals surface area contributed by atoms with E-state index in [1.54, 1.807) is 15.9 Å². The van der Waals surface area contributed by atoms with Crippen molar-refractivity contribution in [3.63, 3.8) is 0 Å². The van der Waals surface area contributed by atoms with E-state index in [1.807, 2.05) is 0 Å². The van der Waals surface area contributed by atoms with Gasteiger partial charge in [0.15, 0.2) is 0 Å². The standard InChI is InChI=1S/C17H24N6O/c1-12-7-13(2)9-16(8-12)23-20-11-15(21-23)10-19-14-3-5-22(6-4-14)17(18)24/h7-9,11,14,19H,3-6,10H2,1-2H3,(H2,18,24). The summed E-state index contributed by atoms with van der Waals surface area (Å²) >= 11 is 0. The largest absolute Gasteiger partial charge is 0.351 e. The van der Waals surface area contributed by atoms with Crippen LogP contribution in [0.1, 0.15) is 29.7 Å². The zero-order chi connectivity index (χ0) is 17.1. The van der Waals surface area contributed by atoms with E-state index in [-0.39, 0.29) is 6.03 Å². The van der Waals surface area contributed by atoms with Crippen molar-refractivity contribution in [2.75, 3.05) is 13.1 Å². The van der Waals surface area contributed by atoms with Crippen molar-refractivity contribution in [2.45, 2.75) is 39.3 Å². The number of primary amides is 1. The first-order valence-corrected chi connectivity index (χ1v) is 8.29. The van der Waals surface area contributed by atoms with Gasteiger partial charge < -0.3 is 16.0 Å². The number of hydrogen-bond donors (Lipinski definition) is 2. The van der Waals surface area contributed by atoms with Crippen LogP contribution < -0.4 is 11.1 Å². The highest BCUT2D eigenvalue weighted by Gasteiger charge is 2.20. The number of aryl methyl sites for hydroxylation is 2. The second-order valence-corrected chi connectivity index (χ2v) is 6.45. The van der Waals surface area contributed by atoms with Gasteiger partial charge >= 0.3 is 6.03 Å². The minimum Gasteiger partial charge on any atom is -0.351 e. The molecule has 0 atom stereocenters. The molecular formula is C17H24N6O. The zero-order valence-electron chi connectivity index (χ0n) is 14.2. The van der Waals surface area contributed by atoms with Crippen molar-refractivity contribution < 1.29 is 4.79 Å². The number of carbonyl (C=O) groups excluding carboxylic acids is 1. The Labute approximate surface area is 141 Å². The van der Waals surface area contributed by atoms with Crippen LogP contribution in [0.15, 0.2) is 24.4 Å². The topological polar surface area (TPSA) is 89.1 Å². The van der Waals surface area contributed by atoms with Crippen molar-refractivity contribution in [1.82, 2.24) is 25.2 Å². The third kappa shape index (κ3) is 3.91. The Bertz CT molecular complexity index is 697. The Hall–Kier alpha value is -2.41. The number of hydrogen-bond acceptors (Lipinski definition) is 4. The lowest BCUT2D eigenvalue weighted by atomic mass is 10.1. The molecule has 2 aromatic rings. The summed E-state index contributed by atoms with van der Waals surface area (Å²) < 4.78 is 0. The first-order chi connectivity index (χ1) is 11.5. The molecule has 7 nitrogen and oxygen atoms in total. The number of amides is 2. The molecule has 1 aromatic heterocycles. The molecule has 3 N–H and O–H groups in total. The first-order valence-electron chi connectivity index (χ1n) is 8.29. The van der Waals surface area contributed by atoms with E-state index in [9.17, 15) is 4.79 Å². The van der Waals surface area contributed by atoms with Crippen molar-refractivity contribution in [3.8, 4) is 5.69 Å². The van der Waals surface area contributed by atoms with Crippen LogP contribution in [0.2, 0.25) is 0 Å². The molecule has 128 valence electrons. The van der Waals surface area contributed by atoms with Gasteiger partial charge in [-0.15, -0.1) is 0 Å². The number of rotatable bonds is 4. The van der Waals surface area contributed by atoms with Gasteiger partial charge in [-0.2, -0.15) is 15.0 Å². The number of aromatic nitrogens is 3. The van der Waals surface area contributed by atoms with Crippen molar-refractivity contribution in [3.05, 3.63) is 41.2 Å². The summed E-state index contributed by atoms with van der Waals surface area (Å²) in [7, 11) is 0. The smallest absolute Gasteiger partial charge is 0.314 e. The Morgan fingerprint density at radius 1 is 1.25 bits per heavy atom. The molecular weight excluding hydrogens is 304 g/mol. The van der Waals surface area contributed by atoms with Crippen molar-refractivity contribution >= 4 is 6.03 Å². The Kier molecular flexibility index (Phi) is 4.80. The van der Waals surface area contributed by atoms with E-state index in [1.165, 1.54) is 11.1 Å². The van der Waals surface area contributed by atoms with Crippen LogP contribution in [0.25, 0.3) is 5.69 Å². The second kappa shape index (κ2) is 7.00. The molecule has 0 saturated carbocycles. The van der Waals surface area contributed by atoms with E-state index in [0.717, 1.165) is 24.2 Å². The maximum Gasteiger partial charge on any atom is 0.314 e. The van der Waals surface area contributed by atoms with E-state index in [0.29, 0.717) is 25.7 Å². The normalized spacial score (nSPS) is 15.7. The van der Waals surface area contributed by atoms with E-state index >= 15 is 0 Å². The van der Waals surface area contributed by atoms with Crippen LogP contribution in [0.3, 0.4) is 0 Å². The molecule has 2 amide bonds. The lowest BCUT2D eigenvalue weighted by molar-refractivity contribution is 0.185. The fourth-order valence-corrected chi connectivity index (χ4v) is 3.12. The van der Waals surface area contributed by atoms with E-state index in [2.05, 4.69) is 47.6 Å². The fourth-order valence-electron chi connectivity index (χ4n) is 3.12. The number of nitrogens with two attached hydrogens (primary N) is 1. The summed E-state index contributed by atoms with van der Waals surface area (Å²) in [5.74, 6) is 0. The van der Waals surface area contributed by atoms with Gasteiger partial charge in [0.05, 0.1) is 17.6 Å². The first kappa shape index (κ1) is 16.4. The van der Waals surface area contributed by atoms with Crippen LogP contribution in [0.4, 0.5) is 4.79 Å². The molecule has 1 saturated heterocycles. The predicted molar refractivity (Wildman–Crippen MR) is 91.9 cm³/mol. The minimum absolute atomic E-state index is 0.329. The number of nitrogens with one attached hydrogen (secondary N) is 1. The Balaban J connectivity index is 1.56. The monoisotopic (exact) mass is 328 g/mol. The number of likely N-dealkylation sites (tertiary alicyclic amines) is 1. The van der Waals surface area contributed by atoms with Gasteiger partial charge in [0.1, 0.15) is 0 Å². The summed E-state index contributed by atoms with van der Waals surface area (Å²) in [4.78, 5) is 14.5. The lowest BCUT2D eigenvalue weighted by Crippen LogP contribution is -2.46. The summed E-state index contributed by atoms with van der Waals surface area (Å²) in [5, 5.41) is 12.4. The molecule has 1 fully saturated rings. The molecule has 7 heteroatoms. The SMILES string of the molecule is Cc1cc(C)cc(-n2ncc(CNC3CCN(C(N)=O)CC3)n2)c1. The molecule has 0 bridgehead atoms. The Morgan fingerprint density at radius 3 is 2.54 bits per heavy atom. The molecule has 1 aliphatic heterocycles. The van der Waals surface area contributed by atoms with Gasteiger partial charge in [0, 0.05) is 25.7 Å². The maximum absolute atomic E-state index is 11.1. The number of carbonyl (C=O) groups is 1. The van der Waals surface area contributed by atoms with Crippen LogP contribution in [0, 0.1) is 13.8 Å². The van der Waals surface area contributed by atoms with Crippen LogP contribution in [0.5, 0.6) is 0 Å². The average Bonchev–Trinajstić information content (AvgIpc) is 3.01. The highest BCUT2D eigenvalue weighted by Crippen LogP contribution is 2.13. The molecule has 0 spiro atoms. The van der Waals surface area contributed by atoms with Crippen LogP contribution >= 0.6 is 0 Å². The highest BCUT2D eigenvalue weighted by atomic mass is 16.2.